The molecule has 18 heteroatoms. The standard InChI is InChI=1S/C47H70N4O14/c1-25-17-30-5-7-34-26(2)18-32(58-34)9-11-47-23-39-43(64-47)44-45(63-39)46(65-47)42-35(62-44)8-6-31(60-42)19-28(52)20-33-37(22-36(59-30)27(25)3)61-38(41(33)55-4)21-29(53)24-49-40(54)10-13-56-15-16-57-14-12-50-51-48/h25,29-39,41-46,53H,2-3,5-24H2,1,4H3,(H,49,54)/t25-,29+,30+,31-,32+,33+,34+,35+,36-,37+,38-,39-,41-,42+,43+,44+,45?,46+,47+/m1/s1. The first-order valence-corrected chi connectivity index (χ1v) is 24.3. The van der Waals surface area contributed by atoms with E-state index in [9.17, 15) is 14.7 Å². The Kier molecular flexibility index (Phi) is 15.3. The van der Waals surface area contributed by atoms with Crippen LogP contribution >= 0.6 is 0 Å². The lowest BCUT2D eigenvalue weighted by atomic mass is 9.81. The predicted octanol–water partition coefficient (Wildman–Crippen LogP) is 4.33. The number of nitrogens with one attached hydrogen (secondary N) is 1. The lowest BCUT2D eigenvalue weighted by molar-refractivity contribution is -0.292. The molecule has 0 aromatic heterocycles. The van der Waals surface area contributed by atoms with Gasteiger partial charge in [-0.05, 0) is 67.5 Å². The Balaban J connectivity index is 0.875. The van der Waals surface area contributed by atoms with Crippen LogP contribution in [-0.2, 0) is 61.7 Å². The van der Waals surface area contributed by atoms with Crippen molar-refractivity contribution in [2.24, 2.45) is 17.0 Å². The van der Waals surface area contributed by atoms with Gasteiger partial charge >= 0.3 is 0 Å². The molecule has 10 aliphatic rings. The number of methoxy groups -OCH3 is 1. The van der Waals surface area contributed by atoms with E-state index in [1.807, 2.05) is 0 Å². The minimum atomic E-state index is -0.933. The molecule has 18 nitrogen and oxygen atoms in total. The van der Waals surface area contributed by atoms with Crippen molar-refractivity contribution in [2.45, 2.75) is 200 Å². The van der Waals surface area contributed by atoms with Gasteiger partial charge in [0.25, 0.3) is 0 Å². The van der Waals surface area contributed by atoms with Crippen LogP contribution in [-0.4, -0.2) is 167 Å². The van der Waals surface area contributed by atoms with Crippen molar-refractivity contribution < 1.29 is 66.8 Å². The van der Waals surface area contributed by atoms with E-state index < -0.39 is 36.3 Å². The molecule has 0 aromatic rings. The summed E-state index contributed by atoms with van der Waals surface area (Å²) in [5.74, 6) is -1.14. The normalized spacial score (nSPS) is 44.0. The molecule has 362 valence electrons. The Labute approximate surface area is 381 Å². The maximum Gasteiger partial charge on any atom is 0.222 e. The van der Waals surface area contributed by atoms with Crippen LogP contribution in [0.15, 0.2) is 29.4 Å². The topological polar surface area (TPSA) is 217 Å². The number of nitrogens with zero attached hydrogens (tertiary/aromatic N) is 3. The summed E-state index contributed by atoms with van der Waals surface area (Å²) in [4.78, 5) is 29.6. The average molecular weight is 915 g/mol. The van der Waals surface area contributed by atoms with Gasteiger partial charge in [-0.15, -0.1) is 0 Å². The number of azide groups is 1. The van der Waals surface area contributed by atoms with Crippen LogP contribution in [0.4, 0.5) is 0 Å². The molecular weight excluding hydrogens is 845 g/mol. The summed E-state index contributed by atoms with van der Waals surface area (Å²) in [6, 6.07) is 0. The lowest BCUT2D eigenvalue weighted by Crippen LogP contribution is -2.61. The highest BCUT2D eigenvalue weighted by Gasteiger charge is 2.68. The molecule has 0 saturated carbocycles. The first kappa shape index (κ1) is 47.5. The van der Waals surface area contributed by atoms with Gasteiger partial charge in [-0.25, -0.2) is 0 Å². The van der Waals surface area contributed by atoms with Crippen molar-refractivity contribution in [3.8, 4) is 0 Å². The summed E-state index contributed by atoms with van der Waals surface area (Å²) in [7, 11) is 1.62. The van der Waals surface area contributed by atoms with Crippen LogP contribution in [0.1, 0.15) is 96.8 Å². The largest absolute Gasteiger partial charge is 0.391 e. The summed E-state index contributed by atoms with van der Waals surface area (Å²) in [6.07, 6.45) is 3.15. The zero-order chi connectivity index (χ0) is 45.2. The number of ether oxygens (including phenoxy) is 11. The summed E-state index contributed by atoms with van der Waals surface area (Å²) >= 11 is 0. The summed E-state index contributed by atoms with van der Waals surface area (Å²) in [6.45, 7) is 12.5. The highest BCUT2D eigenvalue weighted by atomic mass is 16.8. The Bertz CT molecular complexity index is 1770. The van der Waals surface area contributed by atoms with Gasteiger partial charge in [0.15, 0.2) is 5.79 Å². The number of ketones is 1. The highest BCUT2D eigenvalue weighted by molar-refractivity contribution is 5.79. The minimum absolute atomic E-state index is 0.0146. The molecule has 0 aliphatic carbocycles. The third kappa shape index (κ3) is 10.7. The van der Waals surface area contributed by atoms with E-state index in [0.717, 1.165) is 49.7 Å². The quantitative estimate of drug-likeness (QED) is 0.0816. The van der Waals surface area contributed by atoms with E-state index >= 15 is 0 Å². The smallest absolute Gasteiger partial charge is 0.222 e. The van der Waals surface area contributed by atoms with E-state index in [4.69, 9.17) is 57.6 Å². The van der Waals surface area contributed by atoms with Gasteiger partial charge in [0, 0.05) is 76.0 Å². The number of rotatable bonds is 14. The number of aliphatic hydroxyl groups is 1. The van der Waals surface area contributed by atoms with E-state index in [0.29, 0.717) is 45.5 Å². The maximum atomic E-state index is 14.3. The number of fused-ring (bicyclic) bond motifs is 6. The summed E-state index contributed by atoms with van der Waals surface area (Å²) in [5.41, 5.74) is 10.5. The van der Waals surface area contributed by atoms with Gasteiger partial charge < -0.3 is 62.5 Å². The third-order valence-electron chi connectivity index (χ3n) is 15.5. The van der Waals surface area contributed by atoms with Gasteiger partial charge in [0.2, 0.25) is 5.91 Å². The second kappa shape index (κ2) is 21.0. The summed E-state index contributed by atoms with van der Waals surface area (Å²) < 4.78 is 71.3. The monoisotopic (exact) mass is 914 g/mol. The van der Waals surface area contributed by atoms with Crippen molar-refractivity contribution in [3.05, 3.63) is 34.7 Å². The molecule has 0 radical (unpaired) electrons. The molecule has 10 heterocycles. The molecule has 10 aliphatic heterocycles. The number of amides is 1. The zero-order valence-corrected chi connectivity index (χ0v) is 38.0. The van der Waals surface area contributed by atoms with Gasteiger partial charge in [0.05, 0.1) is 93.6 Å². The number of aliphatic hydroxyl groups excluding tert-OH is 1. The molecule has 1 spiro atoms. The van der Waals surface area contributed by atoms with Crippen molar-refractivity contribution in [1.82, 2.24) is 5.32 Å². The van der Waals surface area contributed by atoms with Gasteiger partial charge in [-0.1, -0.05) is 25.2 Å². The predicted molar refractivity (Wildman–Crippen MR) is 230 cm³/mol. The van der Waals surface area contributed by atoms with E-state index in [1.54, 1.807) is 7.11 Å². The molecule has 12 bridgehead atoms. The van der Waals surface area contributed by atoms with Crippen molar-refractivity contribution in [3.63, 3.8) is 0 Å². The SMILES string of the molecule is C=C1C[C@@H]2CC[C@@]34C[C@H]5OC6[C@@H](O[C@H]7CC[C@H](CC(=O)C[C@@H]8[C@@H](OC)[C@@H](C[C@H](O)CNC(=O)CCOCCOCCN=[N+]=[N-])O[C@H]8C[C@H]8O[C@@H](CC[C@@H]1O2)C[C@@H](C)C8=C)O[C@@H]7[C@@H]6O3)[C@H]5O4. The molecule has 0 aromatic carbocycles. The second-order valence-corrected chi connectivity index (χ2v) is 19.9. The van der Waals surface area contributed by atoms with Crippen LogP contribution in [0.5, 0.6) is 0 Å². The fraction of sp³-hybridized carbons (Fsp3) is 0.872. The van der Waals surface area contributed by atoms with Crippen LogP contribution in [0, 0.1) is 11.8 Å². The van der Waals surface area contributed by atoms with Crippen LogP contribution in [0.25, 0.3) is 10.4 Å². The Hall–Kier alpha value is -2.55. The molecule has 10 saturated heterocycles. The molecule has 19 atom stereocenters. The fourth-order valence-electron chi connectivity index (χ4n) is 12.2. The van der Waals surface area contributed by atoms with Crippen molar-refractivity contribution >= 4 is 11.7 Å². The highest BCUT2D eigenvalue weighted by Crippen LogP contribution is 2.54. The number of carbonyl (C=O) groups is 2. The minimum Gasteiger partial charge on any atom is -0.391 e. The molecule has 10 rings (SSSR count). The summed E-state index contributed by atoms with van der Waals surface area (Å²) in [5, 5.41) is 17.4. The molecule has 10 fully saturated rings. The number of carbonyl (C=O) groups excluding carboxylic acids is 2. The van der Waals surface area contributed by atoms with Crippen molar-refractivity contribution in [1.29, 1.82) is 0 Å². The van der Waals surface area contributed by atoms with E-state index in [-0.39, 0.29) is 136 Å². The Morgan fingerprint density at radius 3 is 2.43 bits per heavy atom. The molecule has 1 amide bonds. The van der Waals surface area contributed by atoms with Gasteiger partial charge in [0.1, 0.15) is 36.3 Å². The molecular formula is C47H70N4O14. The first-order chi connectivity index (χ1) is 31.5. The number of Topliss-reactive ketones (excluding diaryl/α,β-unsaturated/α-hetero) is 1. The van der Waals surface area contributed by atoms with Crippen molar-refractivity contribution in [2.75, 3.05) is 46.6 Å². The second-order valence-electron chi connectivity index (χ2n) is 19.9. The molecule has 1 unspecified atom stereocenters. The first-order valence-electron chi connectivity index (χ1n) is 24.3. The fourth-order valence-corrected chi connectivity index (χ4v) is 12.2. The number of hydrogen-bond acceptors (Lipinski definition) is 15. The Morgan fingerprint density at radius 2 is 1.60 bits per heavy atom. The third-order valence-corrected chi connectivity index (χ3v) is 15.5. The zero-order valence-electron chi connectivity index (χ0n) is 38.0. The van der Waals surface area contributed by atoms with Gasteiger partial charge in [-0.2, -0.15) is 0 Å². The van der Waals surface area contributed by atoms with E-state index in [2.05, 4.69) is 35.4 Å². The number of hydrogen-bond donors (Lipinski definition) is 2. The van der Waals surface area contributed by atoms with Crippen LogP contribution in [0.2, 0.25) is 0 Å². The lowest BCUT2D eigenvalue weighted by Gasteiger charge is -2.47. The maximum absolute atomic E-state index is 14.3. The molecule has 65 heavy (non-hydrogen) atoms. The van der Waals surface area contributed by atoms with Crippen LogP contribution < -0.4 is 5.32 Å². The Morgan fingerprint density at radius 1 is 0.846 bits per heavy atom. The van der Waals surface area contributed by atoms with Gasteiger partial charge in [-0.3, -0.25) is 9.59 Å². The van der Waals surface area contributed by atoms with Crippen LogP contribution in [0.3, 0.4) is 0 Å². The molecule has 2 N–H and O–H groups in total. The van der Waals surface area contributed by atoms with E-state index in [1.165, 1.54) is 0 Å². The average Bonchev–Trinajstić information content (AvgIpc) is 3.96.